The SMILES string of the molecule is N#Cc1cccc(C=C2SC(=S)NC2=O)c1. The molecule has 78 valence electrons. The van der Waals surface area contributed by atoms with Crippen LogP contribution in [0.25, 0.3) is 6.08 Å². The van der Waals surface area contributed by atoms with Crippen molar-refractivity contribution in [2.75, 3.05) is 0 Å². The van der Waals surface area contributed by atoms with Crippen LogP contribution in [0.2, 0.25) is 0 Å². The molecular formula is C11H6N2OS2. The molecule has 0 radical (unpaired) electrons. The van der Waals surface area contributed by atoms with E-state index in [1.165, 1.54) is 11.8 Å². The Hall–Kier alpha value is -1.64. The summed E-state index contributed by atoms with van der Waals surface area (Å²) in [5.41, 5.74) is 1.39. The third-order valence-corrected chi connectivity index (χ3v) is 3.12. The molecule has 1 heterocycles. The first-order chi connectivity index (χ1) is 7.69. The molecule has 3 nitrogen and oxygen atoms in total. The van der Waals surface area contributed by atoms with Crippen LogP contribution < -0.4 is 5.32 Å². The monoisotopic (exact) mass is 246 g/mol. The number of hydrogen-bond acceptors (Lipinski definition) is 4. The Balaban J connectivity index is 2.33. The first kappa shape index (κ1) is 10.9. The van der Waals surface area contributed by atoms with E-state index in [1.54, 1.807) is 24.3 Å². The van der Waals surface area contributed by atoms with E-state index in [0.717, 1.165) is 5.56 Å². The molecule has 1 fully saturated rings. The summed E-state index contributed by atoms with van der Waals surface area (Å²) in [6.45, 7) is 0. The molecule has 2 rings (SSSR count). The van der Waals surface area contributed by atoms with Gasteiger partial charge in [0.2, 0.25) is 0 Å². The molecule has 1 amide bonds. The molecule has 0 bridgehead atoms. The second-order valence-electron chi connectivity index (χ2n) is 3.09. The summed E-state index contributed by atoms with van der Waals surface area (Å²) in [5, 5.41) is 11.3. The highest BCUT2D eigenvalue weighted by Gasteiger charge is 2.21. The topological polar surface area (TPSA) is 52.9 Å². The highest BCUT2D eigenvalue weighted by molar-refractivity contribution is 8.26. The van der Waals surface area contributed by atoms with Crippen LogP contribution in [0.4, 0.5) is 0 Å². The number of nitrogens with one attached hydrogen (secondary N) is 1. The first-order valence-corrected chi connectivity index (χ1v) is 5.66. The number of rotatable bonds is 1. The van der Waals surface area contributed by atoms with Gasteiger partial charge in [-0.2, -0.15) is 5.26 Å². The number of benzene rings is 1. The second kappa shape index (κ2) is 4.47. The number of amides is 1. The van der Waals surface area contributed by atoms with E-state index in [9.17, 15) is 4.79 Å². The Labute approximate surface area is 102 Å². The minimum absolute atomic E-state index is 0.183. The number of nitrogens with zero attached hydrogens (tertiary/aromatic N) is 1. The number of nitriles is 1. The smallest absolute Gasteiger partial charge is 0.263 e. The van der Waals surface area contributed by atoms with Crippen molar-refractivity contribution < 1.29 is 4.79 Å². The molecule has 16 heavy (non-hydrogen) atoms. The van der Waals surface area contributed by atoms with Crippen molar-refractivity contribution in [1.29, 1.82) is 5.26 Å². The summed E-state index contributed by atoms with van der Waals surface area (Å²) >= 11 is 6.11. The Bertz CT molecular complexity index is 543. The molecule has 1 aromatic rings. The summed E-state index contributed by atoms with van der Waals surface area (Å²) in [6, 6.07) is 9.11. The van der Waals surface area contributed by atoms with Gasteiger partial charge in [-0.05, 0) is 23.8 Å². The van der Waals surface area contributed by atoms with Crippen molar-refractivity contribution in [1.82, 2.24) is 5.32 Å². The van der Waals surface area contributed by atoms with Gasteiger partial charge in [-0.15, -0.1) is 0 Å². The molecule has 1 aromatic carbocycles. The summed E-state index contributed by atoms with van der Waals surface area (Å²) in [7, 11) is 0. The lowest BCUT2D eigenvalue weighted by Crippen LogP contribution is -2.17. The lowest BCUT2D eigenvalue weighted by Gasteiger charge is -1.95. The van der Waals surface area contributed by atoms with E-state index in [4.69, 9.17) is 17.5 Å². The average molecular weight is 246 g/mol. The molecule has 0 atom stereocenters. The van der Waals surface area contributed by atoms with E-state index in [1.807, 2.05) is 12.1 Å². The molecule has 0 saturated carbocycles. The van der Waals surface area contributed by atoms with Gasteiger partial charge in [0.05, 0.1) is 16.5 Å². The highest BCUT2D eigenvalue weighted by atomic mass is 32.2. The highest BCUT2D eigenvalue weighted by Crippen LogP contribution is 2.25. The second-order valence-corrected chi connectivity index (χ2v) is 4.81. The van der Waals surface area contributed by atoms with Gasteiger partial charge in [0.1, 0.15) is 4.32 Å². The van der Waals surface area contributed by atoms with Crippen molar-refractivity contribution in [3.63, 3.8) is 0 Å². The van der Waals surface area contributed by atoms with Crippen LogP contribution in [-0.2, 0) is 4.79 Å². The molecule has 1 aliphatic rings. The molecule has 0 unspecified atom stereocenters. The fourth-order valence-electron chi connectivity index (χ4n) is 1.27. The molecule has 0 spiro atoms. The van der Waals surface area contributed by atoms with Gasteiger partial charge in [-0.3, -0.25) is 4.79 Å². The predicted octanol–water partition coefficient (Wildman–Crippen LogP) is 2.05. The van der Waals surface area contributed by atoms with Gasteiger partial charge in [0.25, 0.3) is 5.91 Å². The normalized spacial score (nSPS) is 17.3. The van der Waals surface area contributed by atoms with E-state index in [-0.39, 0.29) is 5.91 Å². The Morgan fingerprint density at radius 2 is 2.31 bits per heavy atom. The standard InChI is InChI=1S/C11H6N2OS2/c12-6-8-3-1-2-7(4-8)5-9-10(14)13-11(15)16-9/h1-5H,(H,13,14,15). The maximum absolute atomic E-state index is 11.4. The van der Waals surface area contributed by atoms with E-state index in [0.29, 0.717) is 14.8 Å². The number of carbonyl (C=O) groups excluding carboxylic acids is 1. The zero-order valence-electron chi connectivity index (χ0n) is 8.06. The quantitative estimate of drug-likeness (QED) is 0.608. The maximum Gasteiger partial charge on any atom is 0.263 e. The van der Waals surface area contributed by atoms with Gasteiger partial charge in [-0.1, -0.05) is 36.1 Å². The van der Waals surface area contributed by atoms with Crippen LogP contribution >= 0.6 is 24.0 Å². The fraction of sp³-hybridized carbons (Fsp3) is 0. The summed E-state index contributed by atoms with van der Waals surface area (Å²) in [6.07, 6.45) is 1.72. The average Bonchev–Trinajstić information content (AvgIpc) is 2.58. The maximum atomic E-state index is 11.4. The van der Waals surface area contributed by atoms with Crippen molar-refractivity contribution in [2.24, 2.45) is 0 Å². The zero-order valence-corrected chi connectivity index (χ0v) is 9.69. The van der Waals surface area contributed by atoms with Gasteiger partial charge in [-0.25, -0.2) is 0 Å². The van der Waals surface area contributed by atoms with Gasteiger partial charge >= 0.3 is 0 Å². The van der Waals surface area contributed by atoms with Gasteiger partial charge < -0.3 is 5.32 Å². The number of thiocarbonyl (C=S) groups is 1. The van der Waals surface area contributed by atoms with Crippen LogP contribution in [0.15, 0.2) is 29.2 Å². The molecule has 1 N–H and O–H groups in total. The Morgan fingerprint density at radius 1 is 1.50 bits per heavy atom. The van der Waals surface area contributed by atoms with Crippen LogP contribution in [0, 0.1) is 11.3 Å². The van der Waals surface area contributed by atoms with E-state index < -0.39 is 0 Å². The lowest BCUT2D eigenvalue weighted by atomic mass is 10.1. The van der Waals surface area contributed by atoms with Gasteiger partial charge in [0, 0.05) is 0 Å². The number of thioether (sulfide) groups is 1. The van der Waals surface area contributed by atoms with Crippen LogP contribution in [0.1, 0.15) is 11.1 Å². The summed E-state index contributed by atoms with van der Waals surface area (Å²) in [4.78, 5) is 11.9. The minimum atomic E-state index is -0.183. The summed E-state index contributed by atoms with van der Waals surface area (Å²) < 4.78 is 0.465. The number of hydrogen-bond donors (Lipinski definition) is 1. The minimum Gasteiger partial charge on any atom is -0.307 e. The van der Waals surface area contributed by atoms with E-state index >= 15 is 0 Å². The molecule has 0 aliphatic carbocycles. The van der Waals surface area contributed by atoms with Crippen molar-refractivity contribution >= 4 is 40.3 Å². The third-order valence-electron chi connectivity index (χ3n) is 1.96. The van der Waals surface area contributed by atoms with Crippen LogP contribution in [0.3, 0.4) is 0 Å². The first-order valence-electron chi connectivity index (χ1n) is 4.44. The largest absolute Gasteiger partial charge is 0.307 e. The van der Waals surface area contributed by atoms with Crippen molar-refractivity contribution in [2.45, 2.75) is 0 Å². The Morgan fingerprint density at radius 3 is 2.94 bits per heavy atom. The lowest BCUT2D eigenvalue weighted by molar-refractivity contribution is -0.115. The van der Waals surface area contributed by atoms with Crippen LogP contribution in [-0.4, -0.2) is 10.2 Å². The number of carbonyl (C=O) groups is 1. The van der Waals surface area contributed by atoms with Crippen molar-refractivity contribution in [3.8, 4) is 6.07 Å². The van der Waals surface area contributed by atoms with Crippen molar-refractivity contribution in [3.05, 3.63) is 40.3 Å². The fourth-order valence-corrected chi connectivity index (χ4v) is 2.31. The predicted molar refractivity (Wildman–Crippen MR) is 67.5 cm³/mol. The molecule has 1 saturated heterocycles. The van der Waals surface area contributed by atoms with E-state index in [2.05, 4.69) is 5.32 Å². The zero-order chi connectivity index (χ0) is 11.5. The Kier molecular flexibility index (Phi) is 3.04. The molecule has 5 heteroatoms. The van der Waals surface area contributed by atoms with Gasteiger partial charge in [0.15, 0.2) is 0 Å². The summed E-state index contributed by atoms with van der Waals surface area (Å²) in [5.74, 6) is -0.183. The third kappa shape index (κ3) is 2.30. The van der Waals surface area contributed by atoms with Crippen LogP contribution in [0.5, 0.6) is 0 Å². The molecule has 0 aromatic heterocycles. The molecular weight excluding hydrogens is 240 g/mol. The molecule has 1 aliphatic heterocycles.